The molecule has 0 aromatic carbocycles. The zero-order chi connectivity index (χ0) is 11.8. The van der Waals surface area contributed by atoms with Gasteiger partial charge in [-0.3, -0.25) is 4.68 Å². The fourth-order valence-corrected chi connectivity index (χ4v) is 1.41. The molecule has 0 bridgehead atoms. The molecule has 0 aliphatic carbocycles. The Labute approximate surface area is 98.2 Å². The third-order valence-corrected chi connectivity index (χ3v) is 2.20. The Morgan fingerprint density at radius 1 is 1.50 bits per heavy atom. The molecule has 1 rings (SSSR count). The van der Waals surface area contributed by atoms with Crippen molar-refractivity contribution in [2.75, 3.05) is 6.54 Å². The number of aryl methyl sites for hydroxylation is 1. The van der Waals surface area contributed by atoms with Crippen molar-refractivity contribution >= 4 is 0 Å². The van der Waals surface area contributed by atoms with Gasteiger partial charge >= 0.3 is 0 Å². The first-order valence-electron chi connectivity index (χ1n) is 5.85. The number of nitrogens with one attached hydrogen (secondary N) is 1. The minimum absolute atomic E-state index is 0.682. The molecular weight excluding hydrogens is 198 g/mol. The summed E-state index contributed by atoms with van der Waals surface area (Å²) in [5.74, 6) is 6.61. The van der Waals surface area contributed by atoms with Crippen LogP contribution in [-0.2, 0) is 13.1 Å². The van der Waals surface area contributed by atoms with Crippen molar-refractivity contribution in [3.05, 3.63) is 18.0 Å². The third-order valence-electron chi connectivity index (χ3n) is 2.20. The topological polar surface area (TPSA) is 29.9 Å². The first kappa shape index (κ1) is 12.8. The van der Waals surface area contributed by atoms with Gasteiger partial charge in [0, 0.05) is 19.2 Å². The number of nitrogens with zero attached hydrogens (tertiary/aromatic N) is 2. The van der Waals surface area contributed by atoms with E-state index in [9.17, 15) is 0 Å². The Balaban J connectivity index is 2.29. The molecule has 1 heterocycles. The van der Waals surface area contributed by atoms with Gasteiger partial charge in [0.05, 0.1) is 12.2 Å². The van der Waals surface area contributed by atoms with E-state index in [1.54, 1.807) is 0 Å². The summed E-state index contributed by atoms with van der Waals surface area (Å²) in [5, 5.41) is 7.84. The first-order valence-corrected chi connectivity index (χ1v) is 5.85. The second-order valence-electron chi connectivity index (χ2n) is 4.27. The van der Waals surface area contributed by atoms with Crippen molar-refractivity contribution in [2.24, 2.45) is 5.92 Å². The summed E-state index contributed by atoms with van der Waals surface area (Å²) >= 11 is 0. The minimum Gasteiger partial charge on any atom is -0.311 e. The average molecular weight is 219 g/mol. The van der Waals surface area contributed by atoms with Gasteiger partial charge in [0.2, 0.25) is 0 Å². The van der Waals surface area contributed by atoms with Crippen LogP contribution in [0.25, 0.3) is 0 Å². The van der Waals surface area contributed by atoms with E-state index in [2.05, 4.69) is 42.2 Å². The van der Waals surface area contributed by atoms with Crippen molar-refractivity contribution in [1.29, 1.82) is 0 Å². The Morgan fingerprint density at radius 2 is 2.31 bits per heavy atom. The van der Waals surface area contributed by atoms with E-state index in [1.807, 2.05) is 17.8 Å². The summed E-state index contributed by atoms with van der Waals surface area (Å²) in [6, 6.07) is 2.06. The van der Waals surface area contributed by atoms with E-state index in [0.29, 0.717) is 5.92 Å². The lowest BCUT2D eigenvalue weighted by atomic mass is 10.2. The van der Waals surface area contributed by atoms with Crippen LogP contribution in [0.5, 0.6) is 0 Å². The second kappa shape index (κ2) is 7.08. The van der Waals surface area contributed by atoms with E-state index >= 15 is 0 Å². The summed E-state index contributed by atoms with van der Waals surface area (Å²) in [6.45, 7) is 9.04. The summed E-state index contributed by atoms with van der Waals surface area (Å²) in [7, 11) is 0. The van der Waals surface area contributed by atoms with Crippen LogP contribution < -0.4 is 5.32 Å². The monoisotopic (exact) mass is 219 g/mol. The normalized spacial score (nSPS) is 10.2. The van der Waals surface area contributed by atoms with Crippen molar-refractivity contribution in [2.45, 2.75) is 40.3 Å². The average Bonchev–Trinajstić information content (AvgIpc) is 2.66. The molecule has 0 radical (unpaired) electrons. The van der Waals surface area contributed by atoms with E-state index in [1.165, 1.54) is 0 Å². The van der Waals surface area contributed by atoms with E-state index in [-0.39, 0.29) is 0 Å². The van der Waals surface area contributed by atoms with Gasteiger partial charge in [-0.25, -0.2) is 0 Å². The van der Waals surface area contributed by atoms with E-state index < -0.39 is 0 Å². The van der Waals surface area contributed by atoms with Crippen LogP contribution in [0.15, 0.2) is 12.3 Å². The molecule has 0 saturated carbocycles. The van der Waals surface area contributed by atoms with Crippen molar-refractivity contribution < 1.29 is 0 Å². The van der Waals surface area contributed by atoms with Crippen molar-refractivity contribution in [3.8, 4) is 11.8 Å². The molecule has 3 nitrogen and oxygen atoms in total. The van der Waals surface area contributed by atoms with Gasteiger partial charge in [0.1, 0.15) is 0 Å². The molecule has 0 spiro atoms. The highest BCUT2D eigenvalue weighted by atomic mass is 15.3. The third kappa shape index (κ3) is 4.99. The lowest BCUT2D eigenvalue weighted by Crippen LogP contribution is -2.19. The molecule has 88 valence electrons. The van der Waals surface area contributed by atoms with Crippen molar-refractivity contribution in [3.63, 3.8) is 0 Å². The predicted molar refractivity (Wildman–Crippen MR) is 66.8 cm³/mol. The maximum Gasteiger partial charge on any atom is 0.0762 e. The molecule has 1 aromatic heterocycles. The Morgan fingerprint density at radius 3 is 3.00 bits per heavy atom. The van der Waals surface area contributed by atoms with Gasteiger partial charge < -0.3 is 5.32 Å². The Hall–Kier alpha value is -1.27. The lowest BCUT2D eigenvalue weighted by Gasteiger charge is -2.04. The molecule has 0 unspecified atom stereocenters. The number of hydrogen-bond donors (Lipinski definition) is 1. The highest BCUT2D eigenvalue weighted by Gasteiger charge is 1.99. The molecule has 0 amide bonds. The molecular formula is C13H21N3. The van der Waals surface area contributed by atoms with Crippen LogP contribution in [0.2, 0.25) is 0 Å². The highest BCUT2D eigenvalue weighted by Crippen LogP contribution is 1.97. The van der Waals surface area contributed by atoms with Crippen LogP contribution in [0.1, 0.15) is 32.9 Å². The van der Waals surface area contributed by atoms with Crippen LogP contribution in [-0.4, -0.2) is 16.3 Å². The van der Waals surface area contributed by atoms with Crippen molar-refractivity contribution in [1.82, 2.24) is 15.1 Å². The molecule has 3 heteroatoms. The molecule has 0 fully saturated rings. The van der Waals surface area contributed by atoms with Gasteiger partial charge in [-0.1, -0.05) is 13.8 Å². The largest absolute Gasteiger partial charge is 0.311 e. The zero-order valence-electron chi connectivity index (χ0n) is 10.5. The number of hydrogen-bond acceptors (Lipinski definition) is 2. The molecule has 1 aromatic rings. The lowest BCUT2D eigenvalue weighted by molar-refractivity contribution is 0.540. The summed E-state index contributed by atoms with van der Waals surface area (Å²) < 4.78 is 1.96. The second-order valence-corrected chi connectivity index (χ2v) is 4.27. The summed E-state index contributed by atoms with van der Waals surface area (Å²) in [5.41, 5.74) is 1.10. The number of rotatable bonds is 6. The SMILES string of the molecule is CC#CCCn1ccc(CNCC(C)C)n1. The molecule has 0 aliphatic rings. The Kier molecular flexibility index (Phi) is 5.66. The minimum atomic E-state index is 0.682. The van der Waals surface area contributed by atoms with Crippen LogP contribution >= 0.6 is 0 Å². The van der Waals surface area contributed by atoms with Crippen LogP contribution in [0.4, 0.5) is 0 Å². The first-order chi connectivity index (χ1) is 7.72. The fourth-order valence-electron chi connectivity index (χ4n) is 1.41. The molecule has 0 atom stereocenters. The van der Waals surface area contributed by atoms with Gasteiger partial charge in [0.15, 0.2) is 0 Å². The molecule has 0 saturated heterocycles. The maximum atomic E-state index is 4.47. The predicted octanol–water partition coefficient (Wildman–Crippen LogP) is 2.04. The van der Waals surface area contributed by atoms with Gasteiger partial charge in [0.25, 0.3) is 0 Å². The van der Waals surface area contributed by atoms with Gasteiger partial charge in [-0.05, 0) is 25.5 Å². The maximum absolute atomic E-state index is 4.47. The van der Waals surface area contributed by atoms with E-state index in [0.717, 1.165) is 31.7 Å². The summed E-state index contributed by atoms with van der Waals surface area (Å²) in [4.78, 5) is 0. The smallest absolute Gasteiger partial charge is 0.0762 e. The van der Waals surface area contributed by atoms with Gasteiger partial charge in [-0.15, -0.1) is 11.8 Å². The quantitative estimate of drug-likeness (QED) is 0.742. The van der Waals surface area contributed by atoms with Crippen LogP contribution in [0.3, 0.4) is 0 Å². The summed E-state index contributed by atoms with van der Waals surface area (Å²) in [6.07, 6.45) is 2.89. The number of aromatic nitrogens is 2. The molecule has 0 aliphatic heterocycles. The molecule has 16 heavy (non-hydrogen) atoms. The van der Waals surface area contributed by atoms with Crippen LogP contribution in [0, 0.1) is 17.8 Å². The van der Waals surface area contributed by atoms with Gasteiger partial charge in [-0.2, -0.15) is 5.10 Å². The highest BCUT2D eigenvalue weighted by molar-refractivity contribution is 4.99. The fraction of sp³-hybridized carbons (Fsp3) is 0.615. The van der Waals surface area contributed by atoms with E-state index in [4.69, 9.17) is 0 Å². The molecule has 1 N–H and O–H groups in total. The zero-order valence-corrected chi connectivity index (χ0v) is 10.5. The standard InChI is InChI=1S/C13H21N3/c1-4-5-6-8-16-9-7-13(15-16)11-14-10-12(2)3/h7,9,12,14H,6,8,10-11H2,1-3H3. The Bertz CT molecular complexity index is 355.